The summed E-state index contributed by atoms with van der Waals surface area (Å²) in [4.78, 5) is 0. The van der Waals surface area contributed by atoms with Gasteiger partial charge in [-0.15, -0.1) is 0 Å². The van der Waals surface area contributed by atoms with Gasteiger partial charge in [-0.25, -0.2) is 17.6 Å². The minimum absolute atomic E-state index is 1.79. The van der Waals surface area contributed by atoms with Crippen molar-refractivity contribution < 1.29 is 57.4 Å². The number of hydrogen-bond donors (Lipinski definition) is 0. The summed E-state index contributed by atoms with van der Waals surface area (Å²) in [5, 5.41) is 0. The van der Waals surface area contributed by atoms with Crippen LogP contribution in [0.2, 0.25) is 0 Å². The fraction of sp³-hybridized carbons (Fsp3) is 1.00. The average molecular weight is 318 g/mol. The molecule has 0 aliphatic rings. The Morgan fingerprint density at radius 1 is 0.526 bits per heavy atom. The van der Waals surface area contributed by atoms with Gasteiger partial charge in [0.05, 0.1) is 0 Å². The second-order valence-electron chi connectivity index (χ2n) is 2.99. The highest BCUT2D eigenvalue weighted by Crippen LogP contribution is 2.49. The molecule has 0 N–H and O–H groups in total. The van der Waals surface area contributed by atoms with Gasteiger partial charge in [0.15, 0.2) is 0 Å². The van der Waals surface area contributed by atoms with Crippen molar-refractivity contribution in [3.05, 3.63) is 0 Å². The van der Waals surface area contributed by atoms with Gasteiger partial charge in [0.2, 0.25) is 0 Å². The van der Waals surface area contributed by atoms with Gasteiger partial charge in [0.25, 0.3) is 0 Å². The van der Waals surface area contributed by atoms with E-state index < -0.39 is 36.9 Å². The first-order valence-corrected chi connectivity index (χ1v) is 3.87. The van der Waals surface area contributed by atoms with E-state index in [1.807, 2.05) is 0 Å². The van der Waals surface area contributed by atoms with Gasteiger partial charge >= 0.3 is 36.9 Å². The standard InChI is InChI=1S/C6H2F12O/c7-1(8)3(11,5(13,14)15)19-4(12,2(9)10)6(16,17)18/h1-2H/t3-,4-/m0/s1. The minimum atomic E-state index is -6.88. The van der Waals surface area contributed by atoms with Crippen molar-refractivity contribution in [3.63, 3.8) is 0 Å². The lowest BCUT2D eigenvalue weighted by atomic mass is 10.2. The van der Waals surface area contributed by atoms with Gasteiger partial charge in [-0.1, -0.05) is 0 Å². The quantitative estimate of drug-likeness (QED) is 0.712. The highest BCUT2D eigenvalue weighted by Gasteiger charge is 2.75. The molecule has 116 valence electrons. The van der Waals surface area contributed by atoms with Crippen molar-refractivity contribution in [2.45, 2.75) is 36.9 Å². The molecule has 0 aromatic heterocycles. The van der Waals surface area contributed by atoms with E-state index in [4.69, 9.17) is 0 Å². The van der Waals surface area contributed by atoms with Crippen LogP contribution in [0.3, 0.4) is 0 Å². The van der Waals surface area contributed by atoms with Crippen molar-refractivity contribution in [1.82, 2.24) is 0 Å². The molecule has 0 saturated carbocycles. The van der Waals surface area contributed by atoms with E-state index in [0.717, 1.165) is 0 Å². The summed E-state index contributed by atoms with van der Waals surface area (Å²) < 4.78 is 145. The molecule has 2 atom stereocenters. The molecule has 0 bridgehead atoms. The molecule has 0 heterocycles. The molecule has 0 aliphatic carbocycles. The maximum absolute atomic E-state index is 12.6. The third-order valence-electron chi connectivity index (χ3n) is 1.63. The van der Waals surface area contributed by atoms with Crippen LogP contribution < -0.4 is 0 Å². The van der Waals surface area contributed by atoms with E-state index in [-0.39, 0.29) is 0 Å². The van der Waals surface area contributed by atoms with E-state index >= 15 is 0 Å². The molecular formula is C6H2F12O. The Hall–Kier alpha value is -0.880. The second-order valence-corrected chi connectivity index (χ2v) is 2.99. The molecule has 0 saturated heterocycles. The topological polar surface area (TPSA) is 9.23 Å². The summed E-state index contributed by atoms with van der Waals surface area (Å²) in [6, 6.07) is 0. The lowest BCUT2D eigenvalue weighted by molar-refractivity contribution is -0.470. The van der Waals surface area contributed by atoms with E-state index in [2.05, 4.69) is 0 Å². The van der Waals surface area contributed by atoms with Crippen molar-refractivity contribution in [1.29, 1.82) is 0 Å². The Bertz CT molecular complexity index is 276. The van der Waals surface area contributed by atoms with Crippen molar-refractivity contribution in [3.8, 4) is 0 Å². The first-order chi connectivity index (χ1) is 8.09. The van der Waals surface area contributed by atoms with Gasteiger partial charge in [0, 0.05) is 0 Å². The summed E-state index contributed by atoms with van der Waals surface area (Å²) in [6.07, 6.45) is -24.5. The number of hydrogen-bond acceptors (Lipinski definition) is 1. The molecule has 0 unspecified atom stereocenters. The molecule has 0 rings (SSSR count). The Morgan fingerprint density at radius 2 is 0.737 bits per heavy atom. The molecule has 0 spiro atoms. The first-order valence-electron chi connectivity index (χ1n) is 3.87. The third-order valence-corrected chi connectivity index (χ3v) is 1.63. The molecule has 0 aromatic carbocycles. The molecule has 0 fully saturated rings. The molecule has 0 aliphatic heterocycles. The molecule has 19 heavy (non-hydrogen) atoms. The summed E-state index contributed by atoms with van der Waals surface area (Å²) in [5.74, 6) is -13.1. The van der Waals surface area contributed by atoms with E-state index in [9.17, 15) is 52.7 Å². The zero-order chi connectivity index (χ0) is 15.9. The Kier molecular flexibility index (Phi) is 4.68. The predicted molar refractivity (Wildman–Crippen MR) is 32.9 cm³/mol. The fourth-order valence-corrected chi connectivity index (χ4v) is 0.668. The van der Waals surface area contributed by atoms with E-state index in [1.54, 1.807) is 4.74 Å². The van der Waals surface area contributed by atoms with Crippen LogP contribution >= 0.6 is 0 Å². The Morgan fingerprint density at radius 3 is 0.842 bits per heavy atom. The van der Waals surface area contributed by atoms with Crippen LogP contribution in [-0.2, 0) is 4.74 Å². The van der Waals surface area contributed by atoms with Gasteiger partial charge < -0.3 is 0 Å². The van der Waals surface area contributed by atoms with Crippen LogP contribution in [0.25, 0.3) is 0 Å². The molecular weight excluding hydrogens is 316 g/mol. The summed E-state index contributed by atoms with van der Waals surface area (Å²) in [7, 11) is 0. The first kappa shape index (κ1) is 18.1. The highest BCUT2D eigenvalue weighted by molar-refractivity contribution is 4.89. The van der Waals surface area contributed by atoms with Crippen LogP contribution in [0, 0.1) is 0 Å². The SMILES string of the molecule is FC(F)[C@](F)(O[C@@](F)(C(F)F)C(F)(F)F)C(F)(F)F. The molecule has 13 heteroatoms. The number of ether oxygens (including phenoxy) is 1. The predicted octanol–water partition coefficient (Wildman–Crippen LogP) is 3.99. The van der Waals surface area contributed by atoms with Crippen LogP contribution in [0.15, 0.2) is 0 Å². The summed E-state index contributed by atoms with van der Waals surface area (Å²) >= 11 is 0. The van der Waals surface area contributed by atoms with Gasteiger partial charge in [-0.3, -0.25) is 4.74 Å². The molecule has 0 radical (unpaired) electrons. The monoisotopic (exact) mass is 318 g/mol. The van der Waals surface area contributed by atoms with Crippen LogP contribution in [0.4, 0.5) is 52.7 Å². The lowest BCUT2D eigenvalue weighted by Gasteiger charge is -2.35. The van der Waals surface area contributed by atoms with Crippen LogP contribution in [-0.4, -0.2) is 36.9 Å². The van der Waals surface area contributed by atoms with Gasteiger partial charge in [-0.2, -0.15) is 35.1 Å². The molecule has 0 amide bonds. The maximum Gasteiger partial charge on any atom is 0.454 e. The number of alkyl halides is 12. The Balaban J connectivity index is 5.69. The van der Waals surface area contributed by atoms with Crippen molar-refractivity contribution >= 4 is 0 Å². The van der Waals surface area contributed by atoms with Gasteiger partial charge in [0.1, 0.15) is 0 Å². The second kappa shape index (κ2) is 4.90. The smallest absolute Gasteiger partial charge is 0.285 e. The van der Waals surface area contributed by atoms with Crippen LogP contribution in [0.1, 0.15) is 0 Å². The zero-order valence-electron chi connectivity index (χ0n) is 8.10. The van der Waals surface area contributed by atoms with E-state index in [1.165, 1.54) is 0 Å². The lowest BCUT2D eigenvalue weighted by Crippen LogP contribution is -2.61. The normalized spacial score (nSPS) is 20.5. The molecule has 0 aromatic rings. The van der Waals surface area contributed by atoms with Gasteiger partial charge in [-0.05, 0) is 0 Å². The summed E-state index contributed by atoms with van der Waals surface area (Å²) in [5.41, 5.74) is 0. The Labute approximate surface area is 95.7 Å². The van der Waals surface area contributed by atoms with E-state index in [0.29, 0.717) is 0 Å². The van der Waals surface area contributed by atoms with Crippen LogP contribution in [0.5, 0.6) is 0 Å². The zero-order valence-corrected chi connectivity index (χ0v) is 8.10. The molecule has 1 nitrogen and oxygen atoms in total. The van der Waals surface area contributed by atoms with Crippen molar-refractivity contribution in [2.24, 2.45) is 0 Å². The largest absolute Gasteiger partial charge is 0.454 e. The number of rotatable bonds is 4. The number of halogens is 12. The third kappa shape index (κ3) is 3.17. The fourth-order valence-electron chi connectivity index (χ4n) is 0.668. The van der Waals surface area contributed by atoms with Crippen molar-refractivity contribution in [2.75, 3.05) is 0 Å². The maximum atomic E-state index is 12.6. The highest BCUT2D eigenvalue weighted by atomic mass is 19.4. The summed E-state index contributed by atoms with van der Waals surface area (Å²) in [6.45, 7) is 0. The minimum Gasteiger partial charge on any atom is -0.285 e. The average Bonchev–Trinajstić information content (AvgIpc) is 2.12.